The highest BCUT2D eigenvalue weighted by Gasteiger charge is 2.52. The van der Waals surface area contributed by atoms with E-state index in [-0.39, 0.29) is 0 Å². The van der Waals surface area contributed by atoms with Gasteiger partial charge in [0.25, 0.3) is 0 Å². The summed E-state index contributed by atoms with van der Waals surface area (Å²) in [5.41, 5.74) is 35.2. The molecule has 4 nitrogen and oxygen atoms in total. The molecule has 0 fully saturated rings. The number of pyridine rings is 4. The van der Waals surface area contributed by atoms with Crippen LogP contribution in [0.3, 0.4) is 0 Å². The van der Waals surface area contributed by atoms with Crippen LogP contribution in [0, 0.1) is 0 Å². The van der Waals surface area contributed by atoms with E-state index >= 15 is 0 Å². The lowest BCUT2D eigenvalue weighted by Crippen LogP contribution is -2.28. The SMILES string of the molecule is c1ccc(-c2ccc(-c3c4ccccc4c(-c4ccc(-c5ccc6c(c5)C(c5ccccc5)(c5cccnc5)c5ccccc5-6)cn4)c4ccccc34)cc2)cc1.c1ccc(-c2ccc(-c3c4ccccc4c(-c4ccc(-c5ccc6c(c5)C5(c7ccccc7-c7ccncc75)c5ccccc5-6)cn4)c4ccccc34)cc2)cc1. The van der Waals surface area contributed by atoms with E-state index in [2.05, 4.69) is 406 Å². The van der Waals surface area contributed by atoms with E-state index < -0.39 is 10.8 Å². The lowest BCUT2D eigenvalue weighted by atomic mass is 9.68. The average molecular weight is 1450 g/mol. The zero-order valence-corrected chi connectivity index (χ0v) is 62.2. The first-order valence-electron chi connectivity index (χ1n) is 39.2. The first-order chi connectivity index (χ1) is 56.6. The van der Waals surface area contributed by atoms with Crippen molar-refractivity contribution in [1.29, 1.82) is 0 Å². The van der Waals surface area contributed by atoms with Gasteiger partial charge in [-0.2, -0.15) is 0 Å². The van der Waals surface area contributed by atoms with E-state index in [1.165, 1.54) is 160 Å². The Morgan fingerprint density at radius 3 is 0.895 bits per heavy atom. The van der Waals surface area contributed by atoms with Crippen molar-refractivity contribution in [3.63, 3.8) is 0 Å². The Kier molecular flexibility index (Phi) is 15.7. The molecule has 4 heterocycles. The van der Waals surface area contributed by atoms with E-state index in [9.17, 15) is 0 Å². The number of aromatic nitrogens is 4. The molecule has 0 saturated heterocycles. The molecule has 4 heteroatoms. The summed E-state index contributed by atoms with van der Waals surface area (Å²) < 4.78 is 0. The molecule has 20 aromatic rings. The quantitative estimate of drug-likeness (QED) is 0.128. The van der Waals surface area contributed by atoms with E-state index in [1.807, 2.05) is 24.8 Å². The first kappa shape index (κ1) is 66.2. The molecule has 0 bridgehead atoms. The molecule has 0 saturated carbocycles. The number of rotatable bonds is 10. The zero-order chi connectivity index (χ0) is 75.3. The highest BCUT2D eigenvalue weighted by Crippen LogP contribution is 2.64. The van der Waals surface area contributed by atoms with Crippen molar-refractivity contribution in [2.24, 2.45) is 0 Å². The second kappa shape index (κ2) is 27.0. The molecule has 114 heavy (non-hydrogen) atoms. The van der Waals surface area contributed by atoms with Gasteiger partial charge in [-0.15, -0.1) is 0 Å². The van der Waals surface area contributed by atoms with Crippen LogP contribution >= 0.6 is 0 Å². The summed E-state index contributed by atoms with van der Waals surface area (Å²) in [5.74, 6) is 0. The van der Waals surface area contributed by atoms with Crippen LogP contribution in [0.1, 0.15) is 44.5 Å². The number of hydrogen-bond donors (Lipinski definition) is 0. The van der Waals surface area contributed by atoms with Gasteiger partial charge in [0.05, 0.1) is 22.2 Å². The Bertz CT molecular complexity index is 6600. The minimum atomic E-state index is -0.508. The maximum atomic E-state index is 5.26. The molecule has 1 spiro atoms. The molecule has 23 rings (SSSR count). The van der Waals surface area contributed by atoms with Crippen molar-refractivity contribution in [2.45, 2.75) is 10.8 Å². The largest absolute Gasteiger partial charge is 0.264 e. The lowest BCUT2D eigenvalue weighted by Gasteiger charge is -2.33. The zero-order valence-electron chi connectivity index (χ0n) is 62.2. The van der Waals surface area contributed by atoms with Crippen molar-refractivity contribution in [3.05, 3.63) is 470 Å². The summed E-state index contributed by atoms with van der Waals surface area (Å²) in [4.78, 5) is 19.8. The van der Waals surface area contributed by atoms with Crippen LogP contribution < -0.4 is 0 Å². The van der Waals surface area contributed by atoms with E-state index in [4.69, 9.17) is 15.0 Å². The van der Waals surface area contributed by atoms with Crippen LogP contribution in [-0.2, 0) is 10.8 Å². The third kappa shape index (κ3) is 10.3. The van der Waals surface area contributed by atoms with Crippen molar-refractivity contribution >= 4 is 43.1 Å². The van der Waals surface area contributed by atoms with Gasteiger partial charge in [0, 0.05) is 59.4 Å². The maximum Gasteiger partial charge on any atom is 0.0740 e. The topological polar surface area (TPSA) is 51.6 Å². The standard InChI is InChI=1S/C55H34N2.C55H36N2/c1-2-12-35(13-3-1)36-22-24-37(25-23-36)53-44-16-4-6-18-46(44)54(47-19-7-5-17-45(47)53)52-29-27-39(33-57-52)38-26-28-42-40-14-8-10-20-48(40)55(50(42)32-38)49-21-11-9-15-41(49)43-30-31-56-34-51(43)55;1-3-14-37(15-4-1)38-25-27-39(28-26-38)53-46-20-7-9-22-48(46)54(49-23-10-8-21-47(49)53)52-32-30-41(35-57-52)40-29-31-45-44-19-11-12-24-50(44)55(51(45)34-40,42-16-5-2-6-17-42)43-18-13-33-56-36-43/h1-34H;1-36H. The Labute approximate surface area is 662 Å². The van der Waals surface area contributed by atoms with Gasteiger partial charge in [0.1, 0.15) is 0 Å². The molecule has 0 aliphatic heterocycles. The van der Waals surface area contributed by atoms with Gasteiger partial charge < -0.3 is 0 Å². The van der Waals surface area contributed by atoms with Gasteiger partial charge in [-0.3, -0.25) is 19.9 Å². The Morgan fingerprint density at radius 2 is 0.482 bits per heavy atom. The van der Waals surface area contributed by atoms with Gasteiger partial charge in [-0.1, -0.05) is 352 Å². The number of benzene rings is 16. The van der Waals surface area contributed by atoms with E-state index in [0.29, 0.717) is 0 Å². The second-order valence-electron chi connectivity index (χ2n) is 30.1. The second-order valence-corrected chi connectivity index (χ2v) is 30.1. The molecule has 0 radical (unpaired) electrons. The van der Waals surface area contributed by atoms with Crippen molar-refractivity contribution in [2.75, 3.05) is 0 Å². The summed E-state index contributed by atoms with van der Waals surface area (Å²) in [6.07, 6.45) is 12.0. The Hall–Kier alpha value is -14.8. The molecule has 2 unspecified atom stereocenters. The van der Waals surface area contributed by atoms with Gasteiger partial charge in [0.2, 0.25) is 0 Å². The smallest absolute Gasteiger partial charge is 0.0740 e. The van der Waals surface area contributed by atoms with Gasteiger partial charge >= 0.3 is 0 Å². The van der Waals surface area contributed by atoms with Crippen LogP contribution in [0.4, 0.5) is 0 Å². The average Bonchev–Trinajstić information content (AvgIpc) is 1.51. The number of hydrogen-bond acceptors (Lipinski definition) is 4. The summed E-state index contributed by atoms with van der Waals surface area (Å²) in [5, 5.41) is 9.66. The molecule has 3 aliphatic rings. The van der Waals surface area contributed by atoms with Gasteiger partial charge in [-0.05, 0) is 213 Å². The molecule has 2 atom stereocenters. The van der Waals surface area contributed by atoms with Crippen LogP contribution in [0.15, 0.2) is 425 Å². The van der Waals surface area contributed by atoms with Crippen LogP contribution in [0.2, 0.25) is 0 Å². The summed E-state index contributed by atoms with van der Waals surface area (Å²) >= 11 is 0. The lowest BCUT2D eigenvalue weighted by molar-refractivity contribution is 0.763. The highest BCUT2D eigenvalue weighted by atomic mass is 14.7. The Balaban J connectivity index is 0.000000139. The minimum absolute atomic E-state index is 0.434. The third-order valence-electron chi connectivity index (χ3n) is 24.4. The molecule has 3 aliphatic carbocycles. The maximum absolute atomic E-state index is 5.26. The monoisotopic (exact) mass is 1450 g/mol. The van der Waals surface area contributed by atoms with Crippen LogP contribution in [-0.4, -0.2) is 19.9 Å². The molecule has 4 aromatic heterocycles. The van der Waals surface area contributed by atoms with Gasteiger partial charge in [0.15, 0.2) is 0 Å². The van der Waals surface area contributed by atoms with Crippen molar-refractivity contribution < 1.29 is 0 Å². The number of nitrogens with zero attached hydrogens (tertiary/aromatic N) is 4. The summed E-state index contributed by atoms with van der Waals surface area (Å²) in [7, 11) is 0. The first-order valence-corrected chi connectivity index (χ1v) is 39.2. The van der Waals surface area contributed by atoms with E-state index in [1.54, 1.807) is 0 Å². The molecule has 16 aromatic carbocycles. The fourth-order valence-electron chi connectivity index (χ4n) is 19.5. The summed E-state index contributed by atoms with van der Waals surface area (Å²) in [6.45, 7) is 0. The van der Waals surface area contributed by atoms with E-state index in [0.717, 1.165) is 50.3 Å². The fourth-order valence-corrected chi connectivity index (χ4v) is 19.5. The third-order valence-corrected chi connectivity index (χ3v) is 24.4. The predicted octanol–water partition coefficient (Wildman–Crippen LogP) is 27.6. The normalized spacial score (nSPS) is 14.6. The number of fused-ring (bicyclic) bond motifs is 17. The fraction of sp³-hybridized carbons (Fsp3) is 0.0182. The Morgan fingerprint density at radius 1 is 0.167 bits per heavy atom. The molecule has 530 valence electrons. The van der Waals surface area contributed by atoms with Gasteiger partial charge in [-0.25, -0.2) is 0 Å². The van der Waals surface area contributed by atoms with Crippen molar-refractivity contribution in [3.8, 4) is 123 Å². The molecule has 0 amide bonds. The predicted molar refractivity (Wildman–Crippen MR) is 471 cm³/mol. The van der Waals surface area contributed by atoms with Crippen LogP contribution in [0.5, 0.6) is 0 Å². The van der Waals surface area contributed by atoms with Crippen molar-refractivity contribution in [1.82, 2.24) is 19.9 Å². The molecular weight excluding hydrogens is 1380 g/mol. The molecular formula is C110H70N4. The minimum Gasteiger partial charge on any atom is -0.264 e. The molecule has 0 N–H and O–H groups in total. The highest BCUT2D eigenvalue weighted by molar-refractivity contribution is 6.23. The summed E-state index contributed by atoms with van der Waals surface area (Å²) in [6, 6.07) is 141. The van der Waals surface area contributed by atoms with Crippen LogP contribution in [0.25, 0.3) is 166 Å².